The highest BCUT2D eigenvalue weighted by Gasteiger charge is 2.45. The molecule has 1 aliphatic heterocycles. The first-order valence-corrected chi connectivity index (χ1v) is 11.1. The second-order valence-corrected chi connectivity index (χ2v) is 9.11. The van der Waals surface area contributed by atoms with Crippen molar-refractivity contribution in [2.24, 2.45) is 0 Å². The molecule has 0 fully saturated rings. The van der Waals surface area contributed by atoms with E-state index in [4.69, 9.17) is 27.6 Å². The number of rotatable bonds is 3. The lowest BCUT2D eigenvalue weighted by atomic mass is 9.98. The number of hydrogen-bond donors (Lipinski definition) is 0. The summed E-state index contributed by atoms with van der Waals surface area (Å²) < 4.78 is 5.95. The van der Waals surface area contributed by atoms with Crippen molar-refractivity contribution < 1.29 is 9.21 Å². The van der Waals surface area contributed by atoms with E-state index >= 15 is 0 Å². The van der Waals surface area contributed by atoms with E-state index in [1.807, 2.05) is 19.9 Å². The topological polar surface area (TPSA) is 76.3 Å². The number of nitrogens with zero attached hydrogens (tertiary/aromatic N) is 3. The lowest BCUT2D eigenvalue weighted by molar-refractivity contribution is 0.0970. The molecule has 5 rings (SSSR count). The van der Waals surface area contributed by atoms with E-state index in [9.17, 15) is 9.59 Å². The molecule has 2 aromatic carbocycles. The molecule has 1 amide bonds. The number of hydrogen-bond acceptors (Lipinski definition) is 6. The quantitative estimate of drug-likeness (QED) is 0.390. The predicted octanol–water partition coefficient (Wildman–Crippen LogP) is 5.57. The van der Waals surface area contributed by atoms with Crippen molar-refractivity contribution in [3.63, 3.8) is 0 Å². The average Bonchev–Trinajstić information content (AvgIpc) is 3.33. The zero-order chi connectivity index (χ0) is 21.9. The van der Waals surface area contributed by atoms with Crippen LogP contribution in [-0.2, 0) is 6.42 Å². The fourth-order valence-corrected chi connectivity index (χ4v) is 4.88. The Morgan fingerprint density at radius 2 is 1.90 bits per heavy atom. The first-order valence-electron chi connectivity index (χ1n) is 9.57. The van der Waals surface area contributed by atoms with Crippen LogP contribution in [0.4, 0.5) is 5.13 Å². The molecule has 6 nitrogen and oxygen atoms in total. The highest BCUT2D eigenvalue weighted by atomic mass is 35.5. The van der Waals surface area contributed by atoms with Crippen molar-refractivity contribution in [1.29, 1.82) is 0 Å². The molecule has 0 spiro atoms. The van der Waals surface area contributed by atoms with Crippen LogP contribution in [0.3, 0.4) is 0 Å². The highest BCUT2D eigenvalue weighted by molar-refractivity contribution is 7.15. The van der Waals surface area contributed by atoms with Crippen LogP contribution >= 0.6 is 34.5 Å². The summed E-state index contributed by atoms with van der Waals surface area (Å²) in [6.07, 6.45) is 0.685. The van der Waals surface area contributed by atoms with Gasteiger partial charge in [0.1, 0.15) is 10.6 Å². The van der Waals surface area contributed by atoms with Crippen molar-refractivity contribution in [2.45, 2.75) is 26.3 Å². The molecule has 0 unspecified atom stereocenters. The third-order valence-corrected chi connectivity index (χ3v) is 7.06. The largest absolute Gasteiger partial charge is 0.450 e. The van der Waals surface area contributed by atoms with Crippen molar-refractivity contribution in [3.8, 4) is 0 Å². The molecule has 4 aromatic rings. The first kappa shape index (κ1) is 20.2. The van der Waals surface area contributed by atoms with Gasteiger partial charge in [-0.05, 0) is 43.2 Å². The Morgan fingerprint density at radius 3 is 2.61 bits per heavy atom. The van der Waals surface area contributed by atoms with Crippen LogP contribution in [0.2, 0.25) is 10.0 Å². The Balaban J connectivity index is 1.81. The fraction of sp³-hybridized carbons (Fsp3) is 0.182. The third kappa shape index (κ3) is 3.15. The molecule has 1 atom stereocenters. The number of aromatic nitrogens is 2. The van der Waals surface area contributed by atoms with Gasteiger partial charge in [0, 0.05) is 0 Å². The Bertz CT molecular complexity index is 1430. The van der Waals surface area contributed by atoms with E-state index in [0.717, 1.165) is 10.6 Å². The van der Waals surface area contributed by atoms with Crippen molar-refractivity contribution >= 4 is 56.5 Å². The molecule has 3 heterocycles. The van der Waals surface area contributed by atoms with Gasteiger partial charge < -0.3 is 4.42 Å². The van der Waals surface area contributed by atoms with Gasteiger partial charge in [0.25, 0.3) is 5.91 Å². The molecule has 0 aliphatic carbocycles. The van der Waals surface area contributed by atoms with Crippen LogP contribution in [0.25, 0.3) is 11.0 Å². The highest BCUT2D eigenvalue weighted by Crippen LogP contribution is 2.43. The van der Waals surface area contributed by atoms with Crippen LogP contribution in [0.1, 0.15) is 45.2 Å². The number of benzene rings is 2. The van der Waals surface area contributed by atoms with Crippen molar-refractivity contribution in [2.75, 3.05) is 4.90 Å². The van der Waals surface area contributed by atoms with Crippen LogP contribution in [0.15, 0.2) is 45.6 Å². The second kappa shape index (κ2) is 7.44. The van der Waals surface area contributed by atoms with Gasteiger partial charge in [-0.15, -0.1) is 10.2 Å². The minimum Gasteiger partial charge on any atom is -0.450 e. The standard InChI is InChI=1S/C22H15Cl2N3O3S/c1-3-16-25-26-22(31-16)27-18(11-5-6-13(23)14(24)9-11)17-19(28)12-8-10(2)4-7-15(12)30-20(17)21(27)29/h4-9,18H,3H2,1-2H3/t18-/m0/s1. The van der Waals surface area contributed by atoms with Crippen molar-refractivity contribution in [3.05, 3.63) is 84.1 Å². The maximum Gasteiger partial charge on any atom is 0.297 e. The summed E-state index contributed by atoms with van der Waals surface area (Å²) in [5, 5.41) is 10.7. The summed E-state index contributed by atoms with van der Waals surface area (Å²) >= 11 is 13.7. The Kier molecular flexibility index (Phi) is 4.84. The Labute approximate surface area is 191 Å². The number of anilines is 1. The molecule has 156 valence electrons. The molecule has 0 radical (unpaired) electrons. The number of carbonyl (C=O) groups is 1. The van der Waals surface area contributed by atoms with Crippen LogP contribution in [0, 0.1) is 6.92 Å². The zero-order valence-corrected chi connectivity index (χ0v) is 18.8. The number of amides is 1. The SMILES string of the molecule is CCc1nnc(N2C(=O)c3oc4ccc(C)cc4c(=O)c3[C@@H]2c2ccc(Cl)c(Cl)c2)s1. The molecule has 0 saturated heterocycles. The normalized spacial score (nSPS) is 15.7. The van der Waals surface area contributed by atoms with E-state index in [0.29, 0.717) is 38.1 Å². The lowest BCUT2D eigenvalue weighted by Crippen LogP contribution is -2.29. The predicted molar refractivity (Wildman–Crippen MR) is 122 cm³/mol. The number of aryl methyl sites for hydroxylation is 2. The van der Waals surface area contributed by atoms with Gasteiger partial charge in [-0.2, -0.15) is 0 Å². The van der Waals surface area contributed by atoms with Gasteiger partial charge in [-0.3, -0.25) is 14.5 Å². The van der Waals surface area contributed by atoms with E-state index in [2.05, 4.69) is 10.2 Å². The minimum absolute atomic E-state index is 0.00525. The maximum atomic E-state index is 13.6. The third-order valence-electron chi connectivity index (χ3n) is 5.25. The molecule has 9 heteroatoms. The van der Waals surface area contributed by atoms with Gasteiger partial charge in [0.2, 0.25) is 10.9 Å². The summed E-state index contributed by atoms with van der Waals surface area (Å²) in [5.41, 5.74) is 1.92. The fourth-order valence-electron chi connectivity index (χ4n) is 3.77. The minimum atomic E-state index is -0.754. The van der Waals surface area contributed by atoms with Gasteiger partial charge in [0.15, 0.2) is 5.43 Å². The van der Waals surface area contributed by atoms with E-state index in [1.165, 1.54) is 16.2 Å². The Morgan fingerprint density at radius 1 is 1.10 bits per heavy atom. The summed E-state index contributed by atoms with van der Waals surface area (Å²) in [6.45, 7) is 3.86. The summed E-state index contributed by atoms with van der Waals surface area (Å²) in [5.74, 6) is -0.435. The number of fused-ring (bicyclic) bond motifs is 2. The van der Waals surface area contributed by atoms with Gasteiger partial charge in [-0.25, -0.2) is 0 Å². The van der Waals surface area contributed by atoms with E-state index in [1.54, 1.807) is 30.3 Å². The monoisotopic (exact) mass is 471 g/mol. The maximum absolute atomic E-state index is 13.6. The molecule has 0 N–H and O–H groups in total. The van der Waals surface area contributed by atoms with Gasteiger partial charge >= 0.3 is 0 Å². The molecule has 0 bridgehead atoms. The van der Waals surface area contributed by atoms with Gasteiger partial charge in [-0.1, -0.05) is 59.2 Å². The van der Waals surface area contributed by atoms with Crippen molar-refractivity contribution in [1.82, 2.24) is 10.2 Å². The molecular weight excluding hydrogens is 457 g/mol. The average molecular weight is 472 g/mol. The second-order valence-electron chi connectivity index (χ2n) is 7.26. The lowest BCUT2D eigenvalue weighted by Gasteiger charge is -2.22. The zero-order valence-electron chi connectivity index (χ0n) is 16.5. The molecule has 1 aliphatic rings. The summed E-state index contributed by atoms with van der Waals surface area (Å²) in [6, 6.07) is 9.60. The molecule has 2 aromatic heterocycles. The Hall–Kier alpha value is -2.74. The van der Waals surface area contributed by atoms with E-state index in [-0.39, 0.29) is 16.8 Å². The molecular formula is C22H15Cl2N3O3S. The molecule has 0 saturated carbocycles. The molecule has 31 heavy (non-hydrogen) atoms. The van der Waals surface area contributed by atoms with Crippen LogP contribution in [0.5, 0.6) is 0 Å². The summed E-state index contributed by atoms with van der Waals surface area (Å²) in [7, 11) is 0. The smallest absolute Gasteiger partial charge is 0.297 e. The van der Waals surface area contributed by atoms with Gasteiger partial charge in [0.05, 0.1) is 27.0 Å². The number of carbonyl (C=O) groups excluding carboxylic acids is 1. The first-order chi connectivity index (χ1) is 14.9. The number of halogens is 2. The van der Waals surface area contributed by atoms with Crippen LogP contribution < -0.4 is 10.3 Å². The van der Waals surface area contributed by atoms with E-state index < -0.39 is 11.9 Å². The van der Waals surface area contributed by atoms with Crippen LogP contribution in [-0.4, -0.2) is 16.1 Å². The summed E-state index contributed by atoms with van der Waals surface area (Å²) in [4.78, 5) is 28.5.